The van der Waals surface area contributed by atoms with Crippen LogP contribution in [0.1, 0.15) is 11.1 Å². The molecule has 0 heterocycles. The average molecular weight is 332 g/mol. The largest absolute Gasteiger partial charge is 0.495 e. The smallest absolute Gasteiger partial charge is 0.248 e. The van der Waals surface area contributed by atoms with Crippen LogP contribution in [0, 0.1) is 6.92 Å². The molecule has 2 rings (SSSR count). The van der Waals surface area contributed by atoms with E-state index in [4.69, 9.17) is 21.1 Å². The first-order valence-electron chi connectivity index (χ1n) is 7.00. The third-order valence-electron chi connectivity index (χ3n) is 3.24. The number of nitrogens with one attached hydrogen (secondary N) is 1. The fraction of sp³-hybridized carbons (Fsp3) is 0.167. The van der Waals surface area contributed by atoms with Gasteiger partial charge in [-0.05, 0) is 18.6 Å². The maximum absolute atomic E-state index is 12.1. The summed E-state index contributed by atoms with van der Waals surface area (Å²) in [6, 6.07) is 11.1. The minimum absolute atomic E-state index is 0.270. The van der Waals surface area contributed by atoms with Crippen molar-refractivity contribution in [3.63, 3.8) is 0 Å². The molecular formula is C18H18ClNO3. The quantitative estimate of drug-likeness (QED) is 0.830. The Morgan fingerprint density at radius 1 is 1.09 bits per heavy atom. The molecule has 1 amide bonds. The van der Waals surface area contributed by atoms with E-state index in [0.717, 1.165) is 5.56 Å². The van der Waals surface area contributed by atoms with Gasteiger partial charge in [-0.1, -0.05) is 41.4 Å². The number of hydrogen-bond acceptors (Lipinski definition) is 3. The van der Waals surface area contributed by atoms with E-state index in [-0.39, 0.29) is 5.91 Å². The third kappa shape index (κ3) is 4.50. The highest BCUT2D eigenvalue weighted by molar-refractivity contribution is 6.32. The lowest BCUT2D eigenvalue weighted by Crippen LogP contribution is -2.09. The van der Waals surface area contributed by atoms with Crippen LogP contribution >= 0.6 is 11.6 Å². The van der Waals surface area contributed by atoms with Crippen LogP contribution in [-0.4, -0.2) is 20.1 Å². The SMILES string of the molecule is COc1cc(NC(=O)/C=C/c2ccc(C)cc2)c(OC)cc1Cl. The van der Waals surface area contributed by atoms with Gasteiger partial charge in [0.2, 0.25) is 5.91 Å². The number of carbonyl (C=O) groups is 1. The second-order valence-electron chi connectivity index (χ2n) is 4.92. The maximum Gasteiger partial charge on any atom is 0.248 e. The van der Waals surface area contributed by atoms with Crippen molar-refractivity contribution in [2.45, 2.75) is 6.92 Å². The Morgan fingerprint density at radius 2 is 1.74 bits per heavy atom. The van der Waals surface area contributed by atoms with Gasteiger partial charge in [-0.2, -0.15) is 0 Å². The predicted molar refractivity (Wildman–Crippen MR) is 93.4 cm³/mol. The molecule has 5 heteroatoms. The molecule has 0 bridgehead atoms. The van der Waals surface area contributed by atoms with Gasteiger partial charge in [0.15, 0.2) is 0 Å². The predicted octanol–water partition coefficient (Wildman–Crippen LogP) is 4.32. The van der Waals surface area contributed by atoms with E-state index < -0.39 is 0 Å². The van der Waals surface area contributed by atoms with Crippen molar-refractivity contribution >= 4 is 29.3 Å². The summed E-state index contributed by atoms with van der Waals surface area (Å²) in [6.45, 7) is 2.01. The lowest BCUT2D eigenvalue weighted by molar-refractivity contribution is -0.111. The number of rotatable bonds is 5. The summed E-state index contributed by atoms with van der Waals surface area (Å²) in [5.74, 6) is 0.659. The van der Waals surface area contributed by atoms with Crippen LogP contribution < -0.4 is 14.8 Å². The number of amides is 1. The molecule has 0 aliphatic rings. The topological polar surface area (TPSA) is 47.6 Å². The van der Waals surface area contributed by atoms with E-state index in [9.17, 15) is 4.79 Å². The van der Waals surface area contributed by atoms with Crippen LogP contribution in [0.4, 0.5) is 5.69 Å². The van der Waals surface area contributed by atoms with E-state index in [1.807, 2.05) is 31.2 Å². The highest BCUT2D eigenvalue weighted by Crippen LogP contribution is 2.35. The van der Waals surface area contributed by atoms with Crippen molar-refractivity contribution in [2.24, 2.45) is 0 Å². The van der Waals surface area contributed by atoms with Crippen molar-refractivity contribution < 1.29 is 14.3 Å². The molecule has 0 aliphatic carbocycles. The Bertz CT molecular complexity index is 724. The van der Waals surface area contributed by atoms with Gasteiger partial charge in [0.05, 0.1) is 24.9 Å². The van der Waals surface area contributed by atoms with Crippen LogP contribution in [0.15, 0.2) is 42.5 Å². The zero-order valence-electron chi connectivity index (χ0n) is 13.2. The van der Waals surface area contributed by atoms with Gasteiger partial charge in [0.1, 0.15) is 11.5 Å². The summed E-state index contributed by atoms with van der Waals surface area (Å²) >= 11 is 6.04. The number of benzene rings is 2. The van der Waals surface area contributed by atoms with Gasteiger partial charge in [-0.3, -0.25) is 4.79 Å². The van der Waals surface area contributed by atoms with E-state index >= 15 is 0 Å². The summed E-state index contributed by atoms with van der Waals surface area (Å²) < 4.78 is 10.4. The molecule has 0 saturated carbocycles. The Hall–Kier alpha value is -2.46. The molecular weight excluding hydrogens is 314 g/mol. The zero-order valence-corrected chi connectivity index (χ0v) is 14.0. The fourth-order valence-corrected chi connectivity index (χ4v) is 2.21. The lowest BCUT2D eigenvalue weighted by Gasteiger charge is -2.12. The fourth-order valence-electron chi connectivity index (χ4n) is 1.98. The first-order chi connectivity index (χ1) is 11.0. The molecule has 120 valence electrons. The minimum atomic E-state index is -0.270. The van der Waals surface area contributed by atoms with Gasteiger partial charge >= 0.3 is 0 Å². The molecule has 2 aromatic rings. The Kier molecular flexibility index (Phi) is 5.66. The second kappa shape index (κ2) is 7.70. The highest BCUT2D eigenvalue weighted by Gasteiger charge is 2.11. The first-order valence-corrected chi connectivity index (χ1v) is 7.38. The van der Waals surface area contributed by atoms with Crippen LogP contribution in [0.3, 0.4) is 0 Å². The van der Waals surface area contributed by atoms with E-state index in [0.29, 0.717) is 22.2 Å². The maximum atomic E-state index is 12.1. The number of hydrogen-bond donors (Lipinski definition) is 1. The number of aryl methyl sites for hydroxylation is 1. The van der Waals surface area contributed by atoms with Gasteiger partial charge in [-0.15, -0.1) is 0 Å². The normalized spacial score (nSPS) is 10.6. The van der Waals surface area contributed by atoms with Crippen LogP contribution in [0.5, 0.6) is 11.5 Å². The molecule has 2 aromatic carbocycles. The summed E-state index contributed by atoms with van der Waals surface area (Å²) in [4.78, 5) is 12.1. The van der Waals surface area contributed by atoms with Gasteiger partial charge < -0.3 is 14.8 Å². The molecule has 0 atom stereocenters. The average Bonchev–Trinajstić information content (AvgIpc) is 2.55. The van der Waals surface area contributed by atoms with Gasteiger partial charge in [0.25, 0.3) is 0 Å². The van der Waals surface area contributed by atoms with Crippen molar-refractivity contribution in [3.05, 3.63) is 58.6 Å². The summed E-state index contributed by atoms with van der Waals surface area (Å²) in [7, 11) is 3.02. The number of anilines is 1. The molecule has 1 N–H and O–H groups in total. The van der Waals surface area contributed by atoms with Crippen molar-refractivity contribution in [3.8, 4) is 11.5 Å². The van der Waals surface area contributed by atoms with Crippen LogP contribution in [0.25, 0.3) is 6.08 Å². The lowest BCUT2D eigenvalue weighted by atomic mass is 10.1. The minimum Gasteiger partial charge on any atom is -0.495 e. The molecule has 0 fully saturated rings. The van der Waals surface area contributed by atoms with Crippen molar-refractivity contribution in [1.29, 1.82) is 0 Å². The Labute approximate surface area is 140 Å². The van der Waals surface area contributed by atoms with E-state index in [1.54, 1.807) is 18.2 Å². The number of halogens is 1. The molecule has 0 radical (unpaired) electrons. The zero-order chi connectivity index (χ0) is 16.8. The number of carbonyl (C=O) groups excluding carboxylic acids is 1. The highest BCUT2D eigenvalue weighted by atomic mass is 35.5. The molecule has 23 heavy (non-hydrogen) atoms. The first kappa shape index (κ1) is 16.9. The van der Waals surface area contributed by atoms with Crippen molar-refractivity contribution in [2.75, 3.05) is 19.5 Å². The van der Waals surface area contributed by atoms with Crippen molar-refractivity contribution in [1.82, 2.24) is 0 Å². The molecule has 0 aliphatic heterocycles. The monoisotopic (exact) mass is 331 g/mol. The molecule has 0 unspecified atom stereocenters. The summed E-state index contributed by atoms with van der Waals surface area (Å²) in [5, 5.41) is 3.17. The van der Waals surface area contributed by atoms with Gasteiger partial charge in [0, 0.05) is 18.2 Å². The Morgan fingerprint density at radius 3 is 2.35 bits per heavy atom. The molecule has 0 spiro atoms. The van der Waals surface area contributed by atoms with Gasteiger partial charge in [-0.25, -0.2) is 0 Å². The second-order valence-corrected chi connectivity index (χ2v) is 5.33. The van der Waals surface area contributed by atoms with Crippen LogP contribution in [0.2, 0.25) is 5.02 Å². The van der Waals surface area contributed by atoms with E-state index in [2.05, 4.69) is 5.32 Å². The van der Waals surface area contributed by atoms with E-state index in [1.165, 1.54) is 25.9 Å². The third-order valence-corrected chi connectivity index (χ3v) is 3.53. The number of ether oxygens (including phenoxy) is 2. The standard InChI is InChI=1S/C18H18ClNO3/c1-12-4-6-13(7-5-12)8-9-18(21)20-15-11-16(22-2)14(19)10-17(15)23-3/h4-11H,1-3H3,(H,20,21)/b9-8+. The summed E-state index contributed by atoms with van der Waals surface area (Å²) in [6.07, 6.45) is 3.21. The molecule has 4 nitrogen and oxygen atoms in total. The Balaban J connectivity index is 2.14. The number of methoxy groups -OCH3 is 2. The summed E-state index contributed by atoms with van der Waals surface area (Å²) in [5.41, 5.74) is 2.61. The molecule has 0 aromatic heterocycles. The molecule has 0 saturated heterocycles. The van der Waals surface area contributed by atoms with Crippen LogP contribution in [-0.2, 0) is 4.79 Å².